The van der Waals surface area contributed by atoms with E-state index in [-0.39, 0.29) is 36.8 Å². The minimum atomic E-state index is -0.261. The summed E-state index contributed by atoms with van der Waals surface area (Å²) in [5.41, 5.74) is 2.11. The maximum absolute atomic E-state index is 13.2. The molecule has 1 atom stereocenters. The maximum atomic E-state index is 13.2. The number of benzene rings is 1. The maximum Gasteiger partial charge on any atom is 0.248 e. The molecule has 1 aliphatic rings. The number of aromatic nitrogens is 4. The second-order valence-corrected chi connectivity index (χ2v) is 10.1. The topological polar surface area (TPSA) is 115 Å². The lowest BCUT2D eigenvalue weighted by molar-refractivity contribution is -0.136. The van der Waals surface area contributed by atoms with Gasteiger partial charge in [-0.3, -0.25) is 14.2 Å². The lowest BCUT2D eigenvalue weighted by Crippen LogP contribution is -2.57. The molecule has 0 radical (unpaired) electrons. The van der Waals surface area contributed by atoms with E-state index >= 15 is 0 Å². The third-order valence-corrected chi connectivity index (χ3v) is 6.91. The van der Waals surface area contributed by atoms with Gasteiger partial charge in [-0.2, -0.15) is 4.98 Å². The van der Waals surface area contributed by atoms with Crippen molar-refractivity contribution in [2.75, 3.05) is 51.4 Å². The predicted molar refractivity (Wildman–Crippen MR) is 152 cm³/mol. The number of hydrogen-bond acceptors (Lipinski definition) is 8. The molecular formula is C29H39N7O4. The van der Waals surface area contributed by atoms with Gasteiger partial charge in [0.15, 0.2) is 0 Å². The number of hydrogen-bond donors (Lipinski definition) is 1. The molecule has 40 heavy (non-hydrogen) atoms. The highest BCUT2D eigenvalue weighted by molar-refractivity contribution is 5.79. The number of nitrogens with zero attached hydrogens (tertiary/aromatic N) is 6. The van der Waals surface area contributed by atoms with Crippen LogP contribution < -0.4 is 15.0 Å². The van der Waals surface area contributed by atoms with Crippen LogP contribution in [0.15, 0.2) is 49.2 Å². The van der Waals surface area contributed by atoms with Gasteiger partial charge in [0, 0.05) is 63.9 Å². The Morgan fingerprint density at radius 3 is 2.65 bits per heavy atom. The molecule has 1 N–H and O–H groups in total. The van der Waals surface area contributed by atoms with Gasteiger partial charge >= 0.3 is 0 Å². The van der Waals surface area contributed by atoms with E-state index in [2.05, 4.69) is 34.0 Å². The fourth-order valence-electron chi connectivity index (χ4n) is 4.81. The zero-order valence-electron chi connectivity index (χ0n) is 23.7. The third-order valence-electron chi connectivity index (χ3n) is 6.91. The van der Waals surface area contributed by atoms with Crippen LogP contribution in [0.1, 0.15) is 44.2 Å². The number of rotatable bonds is 12. The molecule has 1 aromatic carbocycles. The normalized spacial score (nSPS) is 15.4. The molecule has 1 unspecified atom stereocenters. The van der Waals surface area contributed by atoms with Crippen LogP contribution in [0.3, 0.4) is 0 Å². The van der Waals surface area contributed by atoms with E-state index in [1.807, 2.05) is 37.4 Å². The van der Waals surface area contributed by atoms with Crippen LogP contribution in [0.5, 0.6) is 5.75 Å². The Labute approximate surface area is 235 Å². The quantitative estimate of drug-likeness (QED) is 0.367. The van der Waals surface area contributed by atoms with Crippen LogP contribution in [0.2, 0.25) is 0 Å². The van der Waals surface area contributed by atoms with Gasteiger partial charge in [0.2, 0.25) is 17.8 Å². The smallest absolute Gasteiger partial charge is 0.248 e. The van der Waals surface area contributed by atoms with Crippen LogP contribution in [0, 0.1) is 0 Å². The number of anilines is 1. The predicted octanol–water partition coefficient (Wildman–Crippen LogP) is 2.60. The number of nitrogens with one attached hydrogen (secondary N) is 1. The first-order valence-corrected chi connectivity index (χ1v) is 13.8. The standard InChI is InChI=1S/C29H39N7O4/c1-5-40-24-8-6-22(7-9-24)10-11-31-26(37)16-23-18-34(27(38)19-39-4)14-15-36(23)28-25(21(2)3)17-32-29(33-28)35-13-12-30-20-35/h6-9,12-13,17,20-21,23H,5,10-11,14-16,18-19H2,1-4H3,(H,31,37). The first-order chi connectivity index (χ1) is 19.4. The first kappa shape index (κ1) is 29.0. The van der Waals surface area contributed by atoms with Crippen molar-refractivity contribution in [1.29, 1.82) is 0 Å². The van der Waals surface area contributed by atoms with Gasteiger partial charge in [-0.25, -0.2) is 9.97 Å². The molecule has 1 fully saturated rings. The molecule has 4 rings (SSSR count). The Hall–Kier alpha value is -3.99. The molecule has 2 amide bonds. The lowest BCUT2D eigenvalue weighted by atomic mass is 10.0. The summed E-state index contributed by atoms with van der Waals surface area (Å²) in [4.78, 5) is 43.4. The van der Waals surface area contributed by atoms with Gasteiger partial charge in [-0.15, -0.1) is 0 Å². The van der Waals surface area contributed by atoms with E-state index in [1.165, 1.54) is 7.11 Å². The van der Waals surface area contributed by atoms with Gasteiger partial charge in [0.25, 0.3) is 0 Å². The summed E-state index contributed by atoms with van der Waals surface area (Å²) in [5.74, 6) is 2.13. The number of methoxy groups -OCH3 is 1. The van der Waals surface area contributed by atoms with Crippen molar-refractivity contribution in [3.8, 4) is 11.7 Å². The summed E-state index contributed by atoms with van der Waals surface area (Å²) < 4.78 is 12.3. The largest absolute Gasteiger partial charge is 0.494 e. The molecule has 214 valence electrons. The number of carbonyl (C=O) groups excluding carboxylic acids is 2. The van der Waals surface area contributed by atoms with Crippen molar-refractivity contribution in [1.82, 2.24) is 29.7 Å². The minimum absolute atomic E-state index is 0.0104. The van der Waals surface area contributed by atoms with Crippen molar-refractivity contribution < 1.29 is 19.1 Å². The molecule has 11 nitrogen and oxygen atoms in total. The number of piperazine rings is 1. The fraction of sp³-hybridized carbons (Fsp3) is 0.483. The van der Waals surface area contributed by atoms with Crippen molar-refractivity contribution in [2.45, 2.75) is 45.6 Å². The van der Waals surface area contributed by atoms with Crippen LogP contribution in [0.4, 0.5) is 5.82 Å². The molecule has 0 spiro atoms. The van der Waals surface area contributed by atoms with Crippen LogP contribution >= 0.6 is 0 Å². The molecule has 1 aliphatic heterocycles. The van der Waals surface area contributed by atoms with Crippen LogP contribution in [-0.2, 0) is 20.7 Å². The van der Waals surface area contributed by atoms with Crippen molar-refractivity contribution in [3.05, 3.63) is 60.3 Å². The van der Waals surface area contributed by atoms with Gasteiger partial charge < -0.3 is 24.6 Å². The molecule has 3 heterocycles. The van der Waals surface area contributed by atoms with E-state index in [4.69, 9.17) is 14.5 Å². The summed E-state index contributed by atoms with van der Waals surface area (Å²) in [7, 11) is 1.51. The van der Waals surface area contributed by atoms with Gasteiger partial charge in [-0.1, -0.05) is 26.0 Å². The Morgan fingerprint density at radius 2 is 1.98 bits per heavy atom. The molecular weight excluding hydrogens is 510 g/mol. The SMILES string of the molecule is CCOc1ccc(CCNC(=O)CC2CN(C(=O)COC)CCN2c2nc(-n3ccnc3)ncc2C(C)C)cc1. The number of amides is 2. The van der Waals surface area contributed by atoms with Crippen LogP contribution in [0.25, 0.3) is 5.95 Å². The van der Waals surface area contributed by atoms with Crippen molar-refractivity contribution in [2.24, 2.45) is 0 Å². The Bertz CT molecular complexity index is 1250. The highest BCUT2D eigenvalue weighted by atomic mass is 16.5. The molecule has 0 saturated carbocycles. The monoisotopic (exact) mass is 549 g/mol. The van der Waals surface area contributed by atoms with Crippen molar-refractivity contribution in [3.63, 3.8) is 0 Å². The molecule has 2 aromatic heterocycles. The zero-order valence-corrected chi connectivity index (χ0v) is 23.7. The van der Waals surface area contributed by atoms with E-state index in [1.54, 1.807) is 28.2 Å². The number of ether oxygens (including phenoxy) is 2. The van der Waals surface area contributed by atoms with Gasteiger partial charge in [-0.05, 0) is 37.0 Å². The second kappa shape index (κ2) is 13.9. The summed E-state index contributed by atoms with van der Waals surface area (Å²) in [6.07, 6.45) is 7.92. The first-order valence-electron chi connectivity index (χ1n) is 13.8. The zero-order chi connectivity index (χ0) is 28.5. The Morgan fingerprint density at radius 1 is 1.18 bits per heavy atom. The minimum Gasteiger partial charge on any atom is -0.494 e. The van der Waals surface area contributed by atoms with Crippen molar-refractivity contribution >= 4 is 17.6 Å². The van der Waals surface area contributed by atoms with Gasteiger partial charge in [0.05, 0.1) is 12.6 Å². The fourth-order valence-corrected chi connectivity index (χ4v) is 4.81. The molecule has 1 saturated heterocycles. The summed E-state index contributed by atoms with van der Waals surface area (Å²) >= 11 is 0. The van der Waals surface area contributed by atoms with E-state index in [0.29, 0.717) is 45.2 Å². The molecule has 0 bridgehead atoms. The summed E-state index contributed by atoms with van der Waals surface area (Å²) in [6.45, 7) is 8.76. The Kier molecular flexibility index (Phi) is 10.1. The summed E-state index contributed by atoms with van der Waals surface area (Å²) in [5, 5.41) is 3.06. The molecule has 0 aliphatic carbocycles. The van der Waals surface area contributed by atoms with E-state index in [0.717, 1.165) is 22.7 Å². The average Bonchev–Trinajstić information content (AvgIpc) is 3.49. The number of imidazole rings is 1. The van der Waals surface area contributed by atoms with E-state index in [9.17, 15) is 9.59 Å². The highest BCUT2D eigenvalue weighted by Crippen LogP contribution is 2.30. The Balaban J connectivity index is 1.50. The van der Waals surface area contributed by atoms with E-state index < -0.39 is 0 Å². The van der Waals surface area contributed by atoms with Crippen LogP contribution in [-0.4, -0.2) is 88.8 Å². The summed E-state index contributed by atoms with van der Waals surface area (Å²) in [6, 6.07) is 7.65. The molecule has 3 aromatic rings. The second-order valence-electron chi connectivity index (χ2n) is 10.1. The number of carbonyl (C=O) groups is 2. The molecule has 11 heteroatoms. The lowest BCUT2D eigenvalue weighted by Gasteiger charge is -2.42. The average molecular weight is 550 g/mol. The van der Waals surface area contributed by atoms with Gasteiger partial charge in [0.1, 0.15) is 24.5 Å². The third kappa shape index (κ3) is 7.35. The highest BCUT2D eigenvalue weighted by Gasteiger charge is 2.33.